The van der Waals surface area contributed by atoms with Gasteiger partial charge in [0.2, 0.25) is 0 Å². The summed E-state index contributed by atoms with van der Waals surface area (Å²) >= 11 is 6.13. The fourth-order valence-corrected chi connectivity index (χ4v) is 2.41. The summed E-state index contributed by atoms with van der Waals surface area (Å²) in [4.78, 5) is 4.17. The number of nitrogens with two attached hydrogens (primary N) is 1. The third kappa shape index (κ3) is 2.68. The number of halogens is 1. The summed E-state index contributed by atoms with van der Waals surface area (Å²) in [5, 5.41) is 5.26. The molecular formula is C16H15ClN4. The number of benzene rings is 1. The first-order chi connectivity index (χ1) is 10.2. The van der Waals surface area contributed by atoms with Gasteiger partial charge in [-0.3, -0.25) is 4.98 Å². The normalized spacial score (nSPS) is 10.8. The quantitative estimate of drug-likeness (QED) is 0.806. The van der Waals surface area contributed by atoms with Gasteiger partial charge in [-0.15, -0.1) is 0 Å². The minimum atomic E-state index is 0.389. The van der Waals surface area contributed by atoms with Gasteiger partial charge >= 0.3 is 0 Å². The topological polar surface area (TPSA) is 56.7 Å². The van der Waals surface area contributed by atoms with E-state index in [4.69, 9.17) is 17.3 Å². The fourth-order valence-electron chi connectivity index (χ4n) is 2.24. The molecule has 0 aliphatic rings. The van der Waals surface area contributed by atoms with Gasteiger partial charge in [0.05, 0.1) is 17.1 Å². The van der Waals surface area contributed by atoms with Crippen LogP contribution >= 0.6 is 11.6 Å². The molecule has 3 aromatic rings. The molecular weight excluding hydrogens is 284 g/mol. The molecule has 0 fully saturated rings. The van der Waals surface area contributed by atoms with Crippen molar-refractivity contribution < 1.29 is 0 Å². The van der Waals surface area contributed by atoms with E-state index in [-0.39, 0.29) is 0 Å². The van der Waals surface area contributed by atoms with Crippen LogP contribution in [0.3, 0.4) is 0 Å². The van der Waals surface area contributed by atoms with Crippen molar-refractivity contribution in [1.29, 1.82) is 0 Å². The minimum absolute atomic E-state index is 0.389. The smallest absolute Gasteiger partial charge is 0.0771 e. The Morgan fingerprint density at radius 2 is 2.10 bits per heavy atom. The van der Waals surface area contributed by atoms with E-state index in [0.717, 1.165) is 28.2 Å². The molecule has 4 nitrogen and oxygen atoms in total. The van der Waals surface area contributed by atoms with Gasteiger partial charge in [0.1, 0.15) is 0 Å². The van der Waals surface area contributed by atoms with E-state index in [1.54, 1.807) is 6.20 Å². The number of nitrogens with zero attached hydrogens (tertiary/aromatic N) is 3. The Balaban J connectivity index is 2.22. The molecule has 0 atom stereocenters. The summed E-state index contributed by atoms with van der Waals surface area (Å²) in [6.45, 7) is 2.42. The predicted octanol–water partition coefficient (Wildman–Crippen LogP) is 3.35. The summed E-state index contributed by atoms with van der Waals surface area (Å²) in [6, 6.07) is 11.6. The van der Waals surface area contributed by atoms with Gasteiger partial charge in [0.25, 0.3) is 0 Å². The number of aryl methyl sites for hydroxylation is 1. The van der Waals surface area contributed by atoms with Crippen LogP contribution in [-0.4, -0.2) is 14.8 Å². The lowest BCUT2D eigenvalue weighted by Gasteiger charge is -2.10. The van der Waals surface area contributed by atoms with Crippen molar-refractivity contribution in [3.63, 3.8) is 0 Å². The Morgan fingerprint density at radius 1 is 1.24 bits per heavy atom. The Bertz CT molecular complexity index is 765. The van der Waals surface area contributed by atoms with Gasteiger partial charge in [0, 0.05) is 29.5 Å². The number of aromatic nitrogens is 3. The van der Waals surface area contributed by atoms with Crippen molar-refractivity contribution in [2.24, 2.45) is 5.73 Å². The molecule has 3 rings (SSSR count). The van der Waals surface area contributed by atoms with E-state index in [0.29, 0.717) is 11.6 Å². The Kier molecular flexibility index (Phi) is 3.73. The maximum absolute atomic E-state index is 6.13. The van der Waals surface area contributed by atoms with Crippen molar-refractivity contribution in [1.82, 2.24) is 14.8 Å². The van der Waals surface area contributed by atoms with Crippen LogP contribution in [0.2, 0.25) is 5.02 Å². The monoisotopic (exact) mass is 298 g/mol. The van der Waals surface area contributed by atoms with E-state index in [1.807, 2.05) is 54.2 Å². The zero-order chi connectivity index (χ0) is 14.8. The van der Waals surface area contributed by atoms with Crippen molar-refractivity contribution in [2.75, 3.05) is 0 Å². The molecule has 0 unspecified atom stereocenters. The van der Waals surface area contributed by atoms with Crippen molar-refractivity contribution >= 4 is 11.6 Å². The van der Waals surface area contributed by atoms with Crippen molar-refractivity contribution in [3.05, 3.63) is 65.1 Å². The van der Waals surface area contributed by atoms with Gasteiger partial charge in [-0.2, -0.15) is 5.10 Å². The molecule has 106 valence electrons. The van der Waals surface area contributed by atoms with Gasteiger partial charge in [-0.25, -0.2) is 4.68 Å². The largest absolute Gasteiger partial charge is 0.325 e. The highest BCUT2D eigenvalue weighted by Crippen LogP contribution is 2.26. The van der Waals surface area contributed by atoms with Crippen LogP contribution in [0, 0.1) is 6.92 Å². The van der Waals surface area contributed by atoms with Crippen LogP contribution in [0.1, 0.15) is 11.3 Å². The molecule has 0 spiro atoms. The average molecular weight is 299 g/mol. The predicted molar refractivity (Wildman–Crippen MR) is 84.4 cm³/mol. The lowest BCUT2D eigenvalue weighted by atomic mass is 10.1. The second kappa shape index (κ2) is 5.68. The van der Waals surface area contributed by atoms with Crippen LogP contribution in [0.4, 0.5) is 0 Å². The summed E-state index contributed by atoms with van der Waals surface area (Å²) in [7, 11) is 0. The lowest BCUT2D eigenvalue weighted by molar-refractivity contribution is 0.833. The van der Waals surface area contributed by atoms with Gasteiger partial charge in [-0.1, -0.05) is 17.7 Å². The van der Waals surface area contributed by atoms with E-state index >= 15 is 0 Å². The number of hydrogen-bond acceptors (Lipinski definition) is 3. The van der Waals surface area contributed by atoms with Crippen molar-refractivity contribution in [2.45, 2.75) is 13.5 Å². The molecule has 21 heavy (non-hydrogen) atoms. The number of hydrogen-bond donors (Lipinski definition) is 1. The highest BCUT2D eigenvalue weighted by Gasteiger charge is 2.13. The summed E-state index contributed by atoms with van der Waals surface area (Å²) in [6.07, 6.45) is 3.56. The Morgan fingerprint density at radius 3 is 2.81 bits per heavy atom. The lowest BCUT2D eigenvalue weighted by Crippen LogP contribution is -2.03. The maximum atomic E-state index is 6.13. The van der Waals surface area contributed by atoms with Crippen LogP contribution in [-0.2, 0) is 6.54 Å². The molecule has 0 amide bonds. The van der Waals surface area contributed by atoms with Crippen LogP contribution in [0.25, 0.3) is 16.9 Å². The second-order valence-electron chi connectivity index (χ2n) is 4.81. The molecule has 2 aromatic heterocycles. The molecule has 0 aliphatic heterocycles. The first kappa shape index (κ1) is 13.8. The summed E-state index contributed by atoms with van der Waals surface area (Å²) in [5.74, 6) is 0. The molecule has 0 saturated heterocycles. The number of rotatable bonds is 3. The molecule has 0 saturated carbocycles. The third-order valence-corrected chi connectivity index (χ3v) is 3.56. The molecule has 1 aromatic carbocycles. The first-order valence-corrected chi connectivity index (χ1v) is 7.03. The maximum Gasteiger partial charge on any atom is 0.0771 e. The molecule has 0 radical (unpaired) electrons. The third-order valence-electron chi connectivity index (χ3n) is 3.33. The molecule has 2 heterocycles. The fraction of sp³-hybridized carbons (Fsp3) is 0.125. The van der Waals surface area contributed by atoms with Crippen LogP contribution in [0.15, 0.2) is 48.8 Å². The highest BCUT2D eigenvalue weighted by molar-refractivity contribution is 6.30. The zero-order valence-corrected chi connectivity index (χ0v) is 12.4. The highest BCUT2D eigenvalue weighted by atomic mass is 35.5. The van der Waals surface area contributed by atoms with E-state index < -0.39 is 0 Å². The van der Waals surface area contributed by atoms with Gasteiger partial charge < -0.3 is 5.73 Å². The summed E-state index contributed by atoms with van der Waals surface area (Å²) < 4.78 is 1.88. The second-order valence-corrected chi connectivity index (χ2v) is 5.25. The first-order valence-electron chi connectivity index (χ1n) is 6.65. The standard InChI is InChI=1S/C16H15ClN4/c1-11-4-5-13(17)7-15(11)21-16(8-14(9-18)20-21)12-3-2-6-19-10-12/h2-8,10H,9,18H2,1H3. The molecule has 0 aliphatic carbocycles. The van der Waals surface area contributed by atoms with Crippen molar-refractivity contribution in [3.8, 4) is 16.9 Å². The zero-order valence-electron chi connectivity index (χ0n) is 11.6. The van der Waals surface area contributed by atoms with Gasteiger partial charge in [-0.05, 0) is 42.8 Å². The Hall–Kier alpha value is -2.17. The van der Waals surface area contributed by atoms with Gasteiger partial charge in [0.15, 0.2) is 0 Å². The van der Waals surface area contributed by atoms with Crippen LogP contribution < -0.4 is 5.73 Å². The number of pyridine rings is 1. The molecule has 0 bridgehead atoms. The Labute approximate surface area is 128 Å². The van der Waals surface area contributed by atoms with E-state index in [1.165, 1.54) is 0 Å². The van der Waals surface area contributed by atoms with E-state index in [2.05, 4.69) is 10.1 Å². The van der Waals surface area contributed by atoms with Crippen LogP contribution in [0.5, 0.6) is 0 Å². The average Bonchev–Trinajstić information content (AvgIpc) is 2.95. The summed E-state index contributed by atoms with van der Waals surface area (Å²) in [5.41, 5.74) is 10.5. The molecule has 2 N–H and O–H groups in total. The minimum Gasteiger partial charge on any atom is -0.325 e. The molecule has 5 heteroatoms. The SMILES string of the molecule is Cc1ccc(Cl)cc1-n1nc(CN)cc1-c1cccnc1. The van der Waals surface area contributed by atoms with E-state index in [9.17, 15) is 0 Å².